The third-order valence-corrected chi connectivity index (χ3v) is 7.62. The van der Waals surface area contributed by atoms with Gasteiger partial charge in [0, 0.05) is 11.1 Å². The third kappa shape index (κ3) is 6.77. The molecule has 0 spiro atoms. The minimum Gasteiger partial charge on any atom is -0.545 e. The molecule has 1 aromatic heterocycles. The normalized spacial score (nSPS) is 12.0. The first-order valence-corrected chi connectivity index (χ1v) is 12.0. The van der Waals surface area contributed by atoms with E-state index in [2.05, 4.69) is 4.98 Å². The fourth-order valence-corrected chi connectivity index (χ4v) is 5.61. The molecule has 1 atom stereocenters. The second-order valence-electron chi connectivity index (χ2n) is 7.32. The molecule has 1 heterocycles. The van der Waals surface area contributed by atoms with E-state index in [1.165, 1.54) is 19.1 Å². The first-order valence-electron chi connectivity index (χ1n) is 9.70. The standard InChI is InChI=1S/C22H23FN2O5S2.Na/c1-14-4-9-20(30-12-17-5-7-18(8-6-17)21(26)27)19(10-14)25(11-15(2)23)32(28,29)22-24-16(3)13-31-22;/h4-10,13,15H,11-12H2,1-3H3,(H,26,27);/q;+1/p-1. The molecule has 0 amide bonds. The number of hydrogen-bond donors (Lipinski definition) is 0. The molecule has 11 heteroatoms. The van der Waals surface area contributed by atoms with Crippen LogP contribution in [0.1, 0.15) is 34.1 Å². The predicted molar refractivity (Wildman–Crippen MR) is 118 cm³/mol. The maximum Gasteiger partial charge on any atom is 1.00 e. The van der Waals surface area contributed by atoms with Gasteiger partial charge in [0.25, 0.3) is 10.0 Å². The molecule has 3 aromatic rings. The summed E-state index contributed by atoms with van der Waals surface area (Å²) in [5.74, 6) is -1.03. The fraction of sp³-hybridized carbons (Fsp3) is 0.273. The van der Waals surface area contributed by atoms with Crippen molar-refractivity contribution >= 4 is 33.0 Å². The van der Waals surface area contributed by atoms with Gasteiger partial charge in [-0.15, -0.1) is 11.3 Å². The Morgan fingerprint density at radius 1 is 1.21 bits per heavy atom. The Morgan fingerprint density at radius 2 is 1.88 bits per heavy atom. The van der Waals surface area contributed by atoms with Crippen LogP contribution >= 0.6 is 11.3 Å². The number of anilines is 1. The van der Waals surface area contributed by atoms with E-state index in [4.69, 9.17) is 4.74 Å². The number of ether oxygens (including phenoxy) is 1. The first-order chi connectivity index (χ1) is 15.1. The number of carboxylic acid groups (broad SMARTS) is 1. The molecule has 0 radical (unpaired) electrons. The number of aryl methyl sites for hydroxylation is 2. The van der Waals surface area contributed by atoms with Crippen LogP contribution in [0.15, 0.2) is 52.2 Å². The number of hydrogen-bond acceptors (Lipinski definition) is 7. The summed E-state index contributed by atoms with van der Waals surface area (Å²) in [5.41, 5.74) is 2.24. The number of carboxylic acids is 1. The minimum absolute atomic E-state index is 0. The fourth-order valence-electron chi connectivity index (χ4n) is 2.94. The van der Waals surface area contributed by atoms with Crippen LogP contribution in [-0.4, -0.2) is 32.1 Å². The van der Waals surface area contributed by atoms with Crippen molar-refractivity contribution in [2.75, 3.05) is 10.8 Å². The van der Waals surface area contributed by atoms with Gasteiger partial charge in [-0.2, -0.15) is 8.42 Å². The number of aromatic nitrogens is 1. The van der Waals surface area contributed by atoms with Gasteiger partial charge in [-0.1, -0.05) is 30.3 Å². The number of carbonyl (C=O) groups excluding carboxylic acids is 1. The van der Waals surface area contributed by atoms with Crippen LogP contribution in [0.25, 0.3) is 0 Å². The molecule has 1 unspecified atom stereocenters. The van der Waals surface area contributed by atoms with E-state index >= 15 is 0 Å². The van der Waals surface area contributed by atoms with Crippen molar-refractivity contribution in [1.82, 2.24) is 4.98 Å². The number of benzene rings is 2. The van der Waals surface area contributed by atoms with Crippen molar-refractivity contribution in [3.05, 3.63) is 70.2 Å². The molecule has 0 aliphatic rings. The zero-order chi connectivity index (χ0) is 23.5. The van der Waals surface area contributed by atoms with Crippen molar-refractivity contribution < 1.29 is 57.0 Å². The average molecular weight is 501 g/mol. The summed E-state index contributed by atoms with van der Waals surface area (Å²) in [5, 5.41) is 12.5. The van der Waals surface area contributed by atoms with Gasteiger partial charge in [-0.25, -0.2) is 9.37 Å². The molecule has 3 rings (SSSR count). The third-order valence-electron chi connectivity index (χ3n) is 4.49. The summed E-state index contributed by atoms with van der Waals surface area (Å²) >= 11 is 0.973. The Kier molecular flexibility index (Phi) is 9.45. The smallest absolute Gasteiger partial charge is 0.545 e. The monoisotopic (exact) mass is 500 g/mol. The summed E-state index contributed by atoms with van der Waals surface area (Å²) < 4.78 is 47.4. The number of carbonyl (C=O) groups is 1. The van der Waals surface area contributed by atoms with Crippen molar-refractivity contribution in [2.45, 2.75) is 37.9 Å². The van der Waals surface area contributed by atoms with Gasteiger partial charge < -0.3 is 14.6 Å². The van der Waals surface area contributed by atoms with E-state index in [0.29, 0.717) is 11.3 Å². The van der Waals surface area contributed by atoms with Gasteiger partial charge in [-0.05, 0) is 49.6 Å². The maximum absolute atomic E-state index is 14.1. The second kappa shape index (κ2) is 11.4. The Morgan fingerprint density at radius 3 is 2.42 bits per heavy atom. The minimum atomic E-state index is -4.12. The molecule has 33 heavy (non-hydrogen) atoms. The Bertz CT molecular complexity index is 1210. The van der Waals surface area contributed by atoms with E-state index in [0.717, 1.165) is 21.2 Å². The van der Waals surface area contributed by atoms with Crippen molar-refractivity contribution in [3.8, 4) is 5.75 Å². The van der Waals surface area contributed by atoms with Crippen LogP contribution in [0.4, 0.5) is 10.1 Å². The molecule has 0 aliphatic carbocycles. The molecule has 0 aliphatic heterocycles. The molecular formula is C22H22FN2NaO5S2. The van der Waals surface area contributed by atoms with Gasteiger partial charge in [0.05, 0.1) is 18.2 Å². The van der Waals surface area contributed by atoms with Crippen LogP contribution in [0.5, 0.6) is 5.75 Å². The van der Waals surface area contributed by atoms with E-state index in [9.17, 15) is 22.7 Å². The summed E-state index contributed by atoms with van der Waals surface area (Å²) in [6.07, 6.45) is -1.43. The largest absolute Gasteiger partial charge is 1.00 e. The van der Waals surface area contributed by atoms with Gasteiger partial charge in [0.2, 0.25) is 4.34 Å². The van der Waals surface area contributed by atoms with E-state index in [1.807, 2.05) is 0 Å². The van der Waals surface area contributed by atoms with Crippen LogP contribution in [0.2, 0.25) is 0 Å². The van der Waals surface area contributed by atoms with Crippen molar-refractivity contribution in [3.63, 3.8) is 0 Å². The van der Waals surface area contributed by atoms with Crippen LogP contribution in [-0.2, 0) is 16.6 Å². The maximum atomic E-state index is 14.1. The number of sulfonamides is 1. The number of rotatable bonds is 9. The Balaban J connectivity index is 0.00000385. The van der Waals surface area contributed by atoms with Crippen LogP contribution in [0, 0.1) is 13.8 Å². The molecular weight excluding hydrogens is 478 g/mol. The van der Waals surface area contributed by atoms with E-state index < -0.39 is 28.7 Å². The summed E-state index contributed by atoms with van der Waals surface area (Å²) in [4.78, 5) is 15.0. The SMILES string of the molecule is Cc1ccc(OCc2ccc(C(=O)[O-])cc2)c(N(CC(C)F)S(=O)(=O)c2nc(C)cs2)c1.[Na+]. The zero-order valence-electron chi connectivity index (χ0n) is 18.7. The number of nitrogens with zero attached hydrogens (tertiary/aromatic N) is 2. The summed E-state index contributed by atoms with van der Waals surface area (Å²) in [7, 11) is -4.12. The Hall–Kier alpha value is -1.98. The molecule has 7 nitrogen and oxygen atoms in total. The van der Waals surface area contributed by atoms with Crippen molar-refractivity contribution in [1.29, 1.82) is 0 Å². The number of alkyl halides is 1. The number of aromatic carboxylic acids is 1. The molecule has 0 fully saturated rings. The molecule has 0 N–H and O–H groups in total. The van der Waals surface area contributed by atoms with Gasteiger partial charge in [0.15, 0.2) is 0 Å². The van der Waals surface area contributed by atoms with E-state index in [1.54, 1.807) is 49.6 Å². The topological polar surface area (TPSA) is 99.6 Å². The molecule has 0 saturated carbocycles. The van der Waals surface area contributed by atoms with Gasteiger partial charge in [0.1, 0.15) is 18.5 Å². The van der Waals surface area contributed by atoms with Crippen LogP contribution < -0.4 is 43.7 Å². The molecule has 170 valence electrons. The second-order valence-corrected chi connectivity index (χ2v) is 10.2. The quantitative estimate of drug-likeness (QED) is 0.391. The van der Waals surface area contributed by atoms with E-state index in [-0.39, 0.29) is 57.5 Å². The number of thiazole rings is 1. The first kappa shape index (κ1) is 27.3. The summed E-state index contributed by atoms with van der Waals surface area (Å²) in [6, 6.07) is 11.0. The molecule has 2 aromatic carbocycles. The molecule has 0 saturated heterocycles. The predicted octanol–water partition coefficient (Wildman–Crippen LogP) is 0.260. The Labute approximate surface area is 218 Å². The van der Waals surface area contributed by atoms with Gasteiger partial charge >= 0.3 is 29.6 Å². The van der Waals surface area contributed by atoms with Crippen LogP contribution in [0.3, 0.4) is 0 Å². The van der Waals surface area contributed by atoms with Crippen molar-refractivity contribution in [2.24, 2.45) is 0 Å². The molecule has 0 bridgehead atoms. The zero-order valence-corrected chi connectivity index (χ0v) is 22.4. The number of halogens is 1. The average Bonchev–Trinajstić information content (AvgIpc) is 3.18. The summed E-state index contributed by atoms with van der Waals surface area (Å²) in [6.45, 7) is 4.42. The van der Waals surface area contributed by atoms with Gasteiger partial charge in [-0.3, -0.25) is 4.31 Å².